The van der Waals surface area contributed by atoms with Crippen molar-refractivity contribution < 1.29 is 9.18 Å². The molecule has 3 rings (SSSR count). The fraction of sp³-hybridized carbons (Fsp3) is 0.455. The minimum Gasteiger partial charge on any atom is -0.326 e. The average Bonchev–Trinajstić information content (AvgIpc) is 3.09. The molecule has 0 unspecified atom stereocenters. The van der Waals surface area contributed by atoms with E-state index >= 15 is 0 Å². The smallest absolute Gasteiger partial charge is 0.326 e. The summed E-state index contributed by atoms with van der Waals surface area (Å²) in [4.78, 5) is 44.3. The predicted octanol–water partition coefficient (Wildman–Crippen LogP) is 3.12. The van der Waals surface area contributed by atoms with Crippen molar-refractivity contribution in [2.75, 3.05) is 5.32 Å². The van der Waals surface area contributed by atoms with Crippen LogP contribution in [0.5, 0.6) is 0 Å². The number of amides is 1. The Kier molecular flexibility index (Phi) is 7.04. The molecule has 8 nitrogen and oxygen atoms in total. The van der Waals surface area contributed by atoms with Crippen molar-refractivity contribution in [3.8, 4) is 0 Å². The normalized spacial score (nSPS) is 11.2. The van der Waals surface area contributed by atoms with Gasteiger partial charge in [0.05, 0.1) is 0 Å². The predicted molar refractivity (Wildman–Crippen MR) is 118 cm³/mol. The highest BCUT2D eigenvalue weighted by atomic mass is 19.1. The molecule has 0 fully saturated rings. The Morgan fingerprint density at radius 2 is 1.94 bits per heavy atom. The lowest BCUT2D eigenvalue weighted by molar-refractivity contribution is -0.116. The Hall–Kier alpha value is -3.23. The Labute approximate surface area is 179 Å². The molecule has 2 N–H and O–H groups in total. The highest BCUT2D eigenvalue weighted by Gasteiger charge is 2.19. The van der Waals surface area contributed by atoms with Crippen LogP contribution in [0.3, 0.4) is 0 Å². The van der Waals surface area contributed by atoms with Gasteiger partial charge in [0.25, 0.3) is 5.56 Å². The van der Waals surface area contributed by atoms with E-state index in [0.717, 1.165) is 18.4 Å². The molecule has 2 heterocycles. The maximum absolute atomic E-state index is 13.5. The molecule has 0 radical (unpaired) electrons. The molecule has 0 aliphatic heterocycles. The van der Waals surface area contributed by atoms with Gasteiger partial charge in [0.2, 0.25) is 5.91 Å². The van der Waals surface area contributed by atoms with E-state index in [0.29, 0.717) is 48.6 Å². The van der Waals surface area contributed by atoms with Gasteiger partial charge in [-0.15, -0.1) is 0 Å². The number of unbranched alkanes of at least 4 members (excludes halogenated alkanes) is 1. The minimum atomic E-state index is -0.481. The molecule has 0 saturated carbocycles. The molecule has 0 saturated heterocycles. The van der Waals surface area contributed by atoms with E-state index in [1.54, 1.807) is 13.0 Å². The van der Waals surface area contributed by atoms with E-state index in [-0.39, 0.29) is 12.3 Å². The van der Waals surface area contributed by atoms with Gasteiger partial charge < -0.3 is 9.88 Å². The lowest BCUT2D eigenvalue weighted by Crippen LogP contribution is -2.31. The molecule has 166 valence electrons. The third-order valence-corrected chi connectivity index (χ3v) is 5.20. The van der Waals surface area contributed by atoms with Crippen LogP contribution in [-0.4, -0.2) is 25.0 Å². The maximum atomic E-state index is 13.5. The molecule has 1 amide bonds. The van der Waals surface area contributed by atoms with Gasteiger partial charge in [-0.2, -0.15) is 0 Å². The number of nitrogens with one attached hydrogen (secondary N) is 2. The Balaban J connectivity index is 1.91. The first kappa shape index (κ1) is 22.5. The van der Waals surface area contributed by atoms with Gasteiger partial charge in [-0.3, -0.25) is 19.1 Å². The summed E-state index contributed by atoms with van der Waals surface area (Å²) in [7, 11) is 0. The molecule has 0 aliphatic carbocycles. The molecular weight excluding hydrogens is 401 g/mol. The maximum Gasteiger partial charge on any atom is 0.330 e. The van der Waals surface area contributed by atoms with Gasteiger partial charge in [0, 0.05) is 31.6 Å². The molecule has 3 aromatic rings. The van der Waals surface area contributed by atoms with Gasteiger partial charge in [-0.25, -0.2) is 14.2 Å². The first-order valence-corrected chi connectivity index (χ1v) is 10.6. The van der Waals surface area contributed by atoms with E-state index in [1.165, 1.54) is 16.7 Å². The monoisotopic (exact) mass is 429 g/mol. The number of carbonyl (C=O) groups excluding carboxylic acids is 1. The Morgan fingerprint density at radius 3 is 2.65 bits per heavy atom. The number of aryl methyl sites for hydroxylation is 4. The zero-order chi connectivity index (χ0) is 22.5. The fourth-order valence-electron chi connectivity index (χ4n) is 3.56. The zero-order valence-electron chi connectivity index (χ0n) is 18.1. The van der Waals surface area contributed by atoms with Crippen molar-refractivity contribution in [3.05, 3.63) is 56.2 Å². The number of rotatable bonds is 9. The summed E-state index contributed by atoms with van der Waals surface area (Å²) < 4.78 is 16.8. The van der Waals surface area contributed by atoms with E-state index in [1.807, 2.05) is 18.4 Å². The van der Waals surface area contributed by atoms with Crippen LogP contribution < -0.4 is 16.6 Å². The highest BCUT2D eigenvalue weighted by Crippen LogP contribution is 2.18. The molecular formula is C22H28FN5O3. The summed E-state index contributed by atoms with van der Waals surface area (Å²) in [5.41, 5.74) is 0.950. The van der Waals surface area contributed by atoms with Crippen LogP contribution in [0, 0.1) is 12.7 Å². The standard InChI is InChI=1S/C22H28FN5O3/c1-4-6-12-27-17(9-10-18(29)24-16-13-15(23)8-7-14(16)3)25-20-19(27)21(30)26-22(31)28(20)11-5-2/h7-8,13H,4-6,9-12H2,1-3H3,(H,24,29)(H,26,30,31). The second-order valence-electron chi connectivity index (χ2n) is 7.62. The number of aromatic nitrogens is 4. The largest absolute Gasteiger partial charge is 0.330 e. The number of aromatic amines is 1. The number of anilines is 1. The topological polar surface area (TPSA) is 102 Å². The molecule has 0 atom stereocenters. The van der Waals surface area contributed by atoms with Gasteiger partial charge in [0.15, 0.2) is 11.2 Å². The van der Waals surface area contributed by atoms with E-state index in [4.69, 9.17) is 0 Å². The van der Waals surface area contributed by atoms with Gasteiger partial charge in [-0.1, -0.05) is 26.3 Å². The zero-order valence-corrected chi connectivity index (χ0v) is 18.1. The average molecular weight is 429 g/mol. The summed E-state index contributed by atoms with van der Waals surface area (Å²) in [5.74, 6) is -0.117. The molecule has 0 bridgehead atoms. The number of halogens is 1. The number of nitrogens with zero attached hydrogens (tertiary/aromatic N) is 3. The number of imidazole rings is 1. The van der Waals surface area contributed by atoms with Crippen molar-refractivity contribution in [1.82, 2.24) is 19.1 Å². The molecule has 9 heteroatoms. The van der Waals surface area contributed by atoms with Gasteiger partial charge in [0.1, 0.15) is 11.6 Å². The first-order chi connectivity index (χ1) is 14.8. The Bertz CT molecular complexity index is 1210. The third-order valence-electron chi connectivity index (χ3n) is 5.20. The second kappa shape index (κ2) is 9.72. The summed E-state index contributed by atoms with van der Waals surface area (Å²) >= 11 is 0. The number of hydrogen-bond donors (Lipinski definition) is 2. The quantitative estimate of drug-likeness (QED) is 0.546. The molecule has 1 aromatic carbocycles. The van der Waals surface area contributed by atoms with Gasteiger partial charge >= 0.3 is 5.69 Å². The number of hydrogen-bond acceptors (Lipinski definition) is 4. The summed E-state index contributed by atoms with van der Waals surface area (Å²) in [5, 5.41) is 2.73. The fourth-order valence-corrected chi connectivity index (χ4v) is 3.56. The molecule has 31 heavy (non-hydrogen) atoms. The lowest BCUT2D eigenvalue weighted by Gasteiger charge is -2.10. The molecule has 0 spiro atoms. The molecule has 2 aromatic heterocycles. The number of carbonyl (C=O) groups is 1. The van der Waals surface area contributed by atoms with Crippen LogP contribution in [0.2, 0.25) is 0 Å². The Morgan fingerprint density at radius 1 is 1.16 bits per heavy atom. The van der Waals surface area contributed by atoms with E-state index in [9.17, 15) is 18.8 Å². The van der Waals surface area contributed by atoms with Crippen LogP contribution in [0.25, 0.3) is 11.2 Å². The van der Waals surface area contributed by atoms with E-state index in [2.05, 4.69) is 15.3 Å². The highest BCUT2D eigenvalue weighted by molar-refractivity contribution is 5.91. The number of benzene rings is 1. The van der Waals surface area contributed by atoms with Crippen LogP contribution in [0.1, 0.15) is 50.9 Å². The summed E-state index contributed by atoms with van der Waals surface area (Å²) in [6, 6.07) is 4.23. The van der Waals surface area contributed by atoms with Crippen molar-refractivity contribution in [1.29, 1.82) is 0 Å². The first-order valence-electron chi connectivity index (χ1n) is 10.6. The van der Waals surface area contributed by atoms with Crippen LogP contribution >= 0.6 is 0 Å². The SMILES string of the molecule is CCCCn1c(CCC(=O)Nc2cc(F)ccc2C)nc2c1c(=O)[nH]c(=O)n2CCC. The second-order valence-corrected chi connectivity index (χ2v) is 7.62. The van der Waals surface area contributed by atoms with Crippen LogP contribution in [-0.2, 0) is 24.3 Å². The van der Waals surface area contributed by atoms with Crippen molar-refractivity contribution in [2.24, 2.45) is 0 Å². The van der Waals surface area contributed by atoms with Crippen molar-refractivity contribution in [2.45, 2.75) is 66.0 Å². The van der Waals surface area contributed by atoms with Crippen molar-refractivity contribution in [3.63, 3.8) is 0 Å². The third kappa shape index (κ3) is 4.92. The number of fused-ring (bicyclic) bond motifs is 1. The van der Waals surface area contributed by atoms with Crippen LogP contribution in [0.15, 0.2) is 27.8 Å². The molecule has 0 aliphatic rings. The summed E-state index contributed by atoms with van der Waals surface area (Å²) in [6.45, 7) is 6.79. The van der Waals surface area contributed by atoms with Gasteiger partial charge in [-0.05, 0) is 37.5 Å². The van der Waals surface area contributed by atoms with Crippen LogP contribution in [0.4, 0.5) is 10.1 Å². The summed E-state index contributed by atoms with van der Waals surface area (Å²) in [6.07, 6.45) is 2.87. The lowest BCUT2D eigenvalue weighted by atomic mass is 10.2. The van der Waals surface area contributed by atoms with E-state index < -0.39 is 17.1 Å². The van der Waals surface area contributed by atoms with Crippen molar-refractivity contribution >= 4 is 22.8 Å². The number of H-pyrrole nitrogens is 1. The minimum absolute atomic E-state index is 0.112.